The van der Waals surface area contributed by atoms with Crippen molar-refractivity contribution in [2.24, 2.45) is 0 Å². The van der Waals surface area contributed by atoms with Crippen molar-refractivity contribution in [3.63, 3.8) is 0 Å². The number of amides is 1. The highest BCUT2D eigenvalue weighted by Gasteiger charge is 2.32. The Morgan fingerprint density at radius 1 is 1.67 bits per heavy atom. The largest absolute Gasteiger partial charge is 0.361 e. The molecule has 1 amide bonds. The van der Waals surface area contributed by atoms with E-state index in [4.69, 9.17) is 0 Å². The second-order valence-corrected chi connectivity index (χ2v) is 5.95. The van der Waals surface area contributed by atoms with Crippen molar-refractivity contribution in [2.45, 2.75) is 18.2 Å². The number of thioether (sulfide) groups is 1. The number of ketones is 1. The smallest absolute Gasteiger partial charge is 0.230 e. The number of carbonyl (C=O) groups is 2. The summed E-state index contributed by atoms with van der Waals surface area (Å²) < 4.78 is 0. The minimum absolute atomic E-state index is 0.00524. The van der Waals surface area contributed by atoms with E-state index in [9.17, 15) is 9.59 Å². The molecule has 2 rings (SSSR count). The van der Waals surface area contributed by atoms with E-state index in [0.29, 0.717) is 18.3 Å². The van der Waals surface area contributed by atoms with Gasteiger partial charge < -0.3 is 10.2 Å². The lowest BCUT2D eigenvalue weighted by molar-refractivity contribution is -0.118. The minimum atomic E-state index is -0.00524. The normalized spacial score (nSPS) is 22.4. The highest BCUT2D eigenvalue weighted by Crippen LogP contribution is 2.41. The van der Waals surface area contributed by atoms with Crippen LogP contribution in [0.5, 0.6) is 0 Å². The number of nitrogens with zero attached hydrogens (tertiary/aromatic N) is 1. The van der Waals surface area contributed by atoms with Crippen molar-refractivity contribution < 1.29 is 9.59 Å². The van der Waals surface area contributed by atoms with Gasteiger partial charge in [-0.25, -0.2) is 0 Å². The van der Waals surface area contributed by atoms with Crippen LogP contribution in [0, 0.1) is 0 Å². The Balaban J connectivity index is 1.89. The number of carbonyl (C=O) groups excluding carboxylic acids is 2. The lowest BCUT2D eigenvalue weighted by Gasteiger charge is -2.23. The Morgan fingerprint density at radius 2 is 2.44 bits per heavy atom. The molecule has 0 saturated carbocycles. The average molecular weight is 331 g/mol. The summed E-state index contributed by atoms with van der Waals surface area (Å²) in [7, 11) is 2.00. The Morgan fingerprint density at radius 3 is 3.11 bits per heavy atom. The zero-order chi connectivity index (χ0) is 13.1. The van der Waals surface area contributed by atoms with Crippen LogP contribution in [0.4, 0.5) is 0 Å². The number of nitrogens with one attached hydrogen (secondary N) is 1. The molecule has 0 saturated heterocycles. The van der Waals surface area contributed by atoms with Gasteiger partial charge in [-0.1, -0.05) is 33.8 Å². The minimum Gasteiger partial charge on any atom is -0.361 e. The summed E-state index contributed by atoms with van der Waals surface area (Å²) in [5.41, 5.74) is 1.02. The molecule has 0 bridgehead atoms. The third-order valence-corrected chi connectivity index (χ3v) is 4.97. The first-order chi connectivity index (χ1) is 8.63. The van der Waals surface area contributed by atoms with Gasteiger partial charge in [0, 0.05) is 20.0 Å². The predicted molar refractivity (Wildman–Crippen MR) is 76.4 cm³/mol. The summed E-state index contributed by atoms with van der Waals surface area (Å²) in [6, 6.07) is 0. The summed E-state index contributed by atoms with van der Waals surface area (Å²) >= 11 is 4.72. The molecule has 0 aromatic heterocycles. The van der Waals surface area contributed by atoms with Gasteiger partial charge in [-0.15, -0.1) is 0 Å². The fourth-order valence-electron chi connectivity index (χ4n) is 2.00. The SMILES string of the molecule is CN1C2=C(SC1CCNC(=O)CBr)C(=O)CC=C2. The number of alkyl halides is 1. The van der Waals surface area contributed by atoms with Gasteiger partial charge in [-0.3, -0.25) is 9.59 Å². The van der Waals surface area contributed by atoms with Gasteiger partial charge in [-0.2, -0.15) is 0 Å². The molecule has 98 valence electrons. The first kappa shape index (κ1) is 13.7. The molecule has 1 atom stereocenters. The quantitative estimate of drug-likeness (QED) is 0.796. The molecule has 2 aliphatic rings. The standard InChI is InChI=1S/C12H15BrN2O2S/c1-15-8-3-2-4-9(16)12(8)18-11(15)5-6-14-10(17)7-13/h2-3,11H,4-7H2,1H3,(H,14,17). The second kappa shape index (κ2) is 5.93. The molecule has 1 heterocycles. The maximum absolute atomic E-state index is 11.8. The third kappa shape index (κ3) is 2.80. The van der Waals surface area contributed by atoms with Crippen LogP contribution in [0.2, 0.25) is 0 Å². The molecule has 6 heteroatoms. The maximum atomic E-state index is 11.8. The molecule has 1 aliphatic carbocycles. The average Bonchev–Trinajstić information content (AvgIpc) is 2.69. The van der Waals surface area contributed by atoms with Gasteiger partial charge in [-0.05, 0) is 12.5 Å². The van der Waals surface area contributed by atoms with Gasteiger partial charge in [0.25, 0.3) is 0 Å². The maximum Gasteiger partial charge on any atom is 0.230 e. The van der Waals surface area contributed by atoms with Crippen LogP contribution < -0.4 is 5.32 Å². The summed E-state index contributed by atoms with van der Waals surface area (Å²) in [5.74, 6) is 0.200. The van der Waals surface area contributed by atoms with E-state index in [0.717, 1.165) is 17.0 Å². The number of rotatable bonds is 4. The van der Waals surface area contributed by atoms with Crippen LogP contribution in [-0.2, 0) is 9.59 Å². The molecule has 1 N–H and O–H groups in total. The summed E-state index contributed by atoms with van der Waals surface area (Å²) in [6.45, 7) is 0.630. The number of likely N-dealkylation sites (N-methyl/N-ethyl adjacent to an activating group) is 1. The molecule has 0 radical (unpaired) electrons. The summed E-state index contributed by atoms with van der Waals surface area (Å²) in [5, 5.41) is 3.39. The topological polar surface area (TPSA) is 49.4 Å². The highest BCUT2D eigenvalue weighted by atomic mass is 79.9. The van der Waals surface area contributed by atoms with E-state index < -0.39 is 0 Å². The molecule has 1 aliphatic heterocycles. The van der Waals surface area contributed by atoms with E-state index in [-0.39, 0.29) is 17.1 Å². The molecule has 1 unspecified atom stereocenters. The van der Waals surface area contributed by atoms with Crippen LogP contribution in [0.3, 0.4) is 0 Å². The monoisotopic (exact) mass is 330 g/mol. The number of halogens is 1. The lowest BCUT2D eigenvalue weighted by Crippen LogP contribution is -2.31. The fourth-order valence-corrected chi connectivity index (χ4v) is 3.52. The summed E-state index contributed by atoms with van der Waals surface area (Å²) in [4.78, 5) is 25.9. The Hall–Kier alpha value is -0.750. The van der Waals surface area contributed by atoms with E-state index >= 15 is 0 Å². The Labute approximate surface area is 119 Å². The molecule has 0 aromatic rings. The molecule has 4 nitrogen and oxygen atoms in total. The van der Waals surface area contributed by atoms with Gasteiger partial charge in [0.2, 0.25) is 5.91 Å². The van der Waals surface area contributed by atoms with Crippen LogP contribution in [0.1, 0.15) is 12.8 Å². The van der Waals surface area contributed by atoms with Gasteiger partial charge in [0.1, 0.15) is 0 Å². The van der Waals surface area contributed by atoms with E-state index in [1.54, 1.807) is 11.8 Å². The molecule has 18 heavy (non-hydrogen) atoms. The van der Waals surface area contributed by atoms with Crippen LogP contribution in [-0.4, -0.2) is 40.9 Å². The zero-order valence-corrected chi connectivity index (χ0v) is 12.5. The van der Waals surface area contributed by atoms with Crippen molar-refractivity contribution in [1.82, 2.24) is 10.2 Å². The van der Waals surface area contributed by atoms with Crippen LogP contribution in [0.25, 0.3) is 0 Å². The Bertz CT molecular complexity index is 434. The summed E-state index contributed by atoms with van der Waals surface area (Å²) in [6.07, 6.45) is 5.26. The number of Topliss-reactive ketones (excluding diaryl/α,β-unsaturated/α-hetero) is 1. The van der Waals surface area contributed by atoms with Crippen molar-refractivity contribution >= 4 is 39.4 Å². The lowest BCUT2D eigenvalue weighted by atomic mass is 10.1. The van der Waals surface area contributed by atoms with Crippen LogP contribution >= 0.6 is 27.7 Å². The first-order valence-electron chi connectivity index (χ1n) is 5.79. The van der Waals surface area contributed by atoms with Crippen molar-refractivity contribution in [1.29, 1.82) is 0 Å². The molecule has 0 spiro atoms. The van der Waals surface area contributed by atoms with Crippen molar-refractivity contribution in [2.75, 3.05) is 18.9 Å². The first-order valence-corrected chi connectivity index (χ1v) is 7.79. The molecular formula is C12H15BrN2O2S. The molecule has 0 fully saturated rings. The number of hydrogen-bond donors (Lipinski definition) is 1. The predicted octanol–water partition coefficient (Wildman–Crippen LogP) is 1.63. The van der Waals surface area contributed by atoms with Crippen molar-refractivity contribution in [3.05, 3.63) is 22.8 Å². The second-order valence-electron chi connectivity index (χ2n) is 4.20. The Kier molecular flexibility index (Phi) is 4.50. The highest BCUT2D eigenvalue weighted by molar-refractivity contribution is 9.09. The zero-order valence-electron chi connectivity index (χ0n) is 10.1. The van der Waals surface area contributed by atoms with Gasteiger partial charge >= 0.3 is 0 Å². The number of allylic oxidation sites excluding steroid dienone is 3. The molecular weight excluding hydrogens is 316 g/mol. The van der Waals surface area contributed by atoms with Gasteiger partial charge in [0.05, 0.1) is 21.3 Å². The fraction of sp³-hybridized carbons (Fsp3) is 0.500. The van der Waals surface area contributed by atoms with E-state index in [1.165, 1.54) is 0 Å². The third-order valence-electron chi connectivity index (χ3n) is 2.97. The van der Waals surface area contributed by atoms with E-state index in [2.05, 4.69) is 26.1 Å². The van der Waals surface area contributed by atoms with Crippen LogP contribution in [0.15, 0.2) is 22.8 Å². The number of hydrogen-bond acceptors (Lipinski definition) is 4. The molecule has 0 aromatic carbocycles. The van der Waals surface area contributed by atoms with E-state index in [1.807, 2.05) is 19.2 Å². The van der Waals surface area contributed by atoms with Crippen molar-refractivity contribution in [3.8, 4) is 0 Å². The van der Waals surface area contributed by atoms with Gasteiger partial charge in [0.15, 0.2) is 5.78 Å².